The van der Waals surface area contributed by atoms with Crippen LogP contribution >= 0.6 is 11.3 Å². The van der Waals surface area contributed by atoms with Gasteiger partial charge in [0.05, 0.1) is 0 Å². The number of hydrogen-bond acceptors (Lipinski definition) is 4. The number of carbonyl (C=O) groups excluding carboxylic acids is 1. The zero-order valence-electron chi connectivity index (χ0n) is 9.09. The molecular weight excluding hydrogens is 224 g/mol. The second kappa shape index (κ2) is 5.46. The molecule has 1 aliphatic rings. The maximum atomic E-state index is 11.6. The first-order valence-electron chi connectivity index (χ1n) is 5.69. The van der Waals surface area contributed by atoms with E-state index in [1.807, 2.05) is 11.4 Å². The summed E-state index contributed by atoms with van der Waals surface area (Å²) in [7, 11) is 0. The van der Waals surface area contributed by atoms with Crippen LogP contribution in [0.5, 0.6) is 0 Å². The fourth-order valence-electron chi connectivity index (χ4n) is 1.97. The van der Waals surface area contributed by atoms with Gasteiger partial charge in [0.2, 0.25) is 0 Å². The topological polar surface area (TPSA) is 46.5 Å². The van der Waals surface area contributed by atoms with Crippen molar-refractivity contribution in [1.82, 2.24) is 0 Å². The molecule has 1 saturated carbocycles. The van der Waals surface area contributed by atoms with Crippen LogP contribution in [0.15, 0.2) is 17.5 Å². The highest BCUT2D eigenvalue weighted by atomic mass is 32.1. The van der Waals surface area contributed by atoms with Crippen LogP contribution in [0.3, 0.4) is 0 Å². The average molecular weight is 240 g/mol. The van der Waals surface area contributed by atoms with Crippen LogP contribution in [0.2, 0.25) is 0 Å². The van der Waals surface area contributed by atoms with Gasteiger partial charge in [-0.25, -0.2) is 4.79 Å². The molecule has 1 unspecified atom stereocenters. The molecule has 0 bridgehead atoms. The second-order valence-corrected chi connectivity index (χ2v) is 5.09. The second-order valence-electron chi connectivity index (χ2n) is 4.11. The van der Waals surface area contributed by atoms with Crippen molar-refractivity contribution in [3.05, 3.63) is 22.4 Å². The Morgan fingerprint density at radius 2 is 2.19 bits per heavy atom. The Bertz CT molecular complexity index is 328. The molecule has 0 aliphatic heterocycles. The van der Waals surface area contributed by atoms with Crippen molar-refractivity contribution >= 4 is 17.3 Å². The molecule has 0 saturated heterocycles. The molecule has 2 rings (SSSR count). The molecule has 1 aliphatic carbocycles. The lowest BCUT2D eigenvalue weighted by molar-refractivity contribution is -0.160. The summed E-state index contributed by atoms with van der Waals surface area (Å²) in [6.45, 7) is 0. The zero-order valence-corrected chi connectivity index (χ0v) is 9.91. The number of ether oxygens (including phenoxy) is 1. The van der Waals surface area contributed by atoms with E-state index in [9.17, 15) is 9.90 Å². The van der Waals surface area contributed by atoms with Crippen LogP contribution in [0.4, 0.5) is 0 Å². The number of thiophene rings is 1. The fraction of sp³-hybridized carbons (Fsp3) is 0.583. The van der Waals surface area contributed by atoms with Gasteiger partial charge in [-0.05, 0) is 37.1 Å². The molecule has 0 radical (unpaired) electrons. The molecule has 0 amide bonds. The van der Waals surface area contributed by atoms with Gasteiger partial charge in [0.25, 0.3) is 0 Å². The van der Waals surface area contributed by atoms with E-state index in [-0.39, 0.29) is 6.10 Å². The molecule has 1 heterocycles. The SMILES string of the molecule is O=C(OC1CCCCC1)C(O)c1cccs1. The highest BCUT2D eigenvalue weighted by Gasteiger charge is 2.24. The van der Waals surface area contributed by atoms with Crippen LogP contribution in [-0.2, 0) is 9.53 Å². The summed E-state index contributed by atoms with van der Waals surface area (Å²) in [5, 5.41) is 11.6. The first kappa shape index (κ1) is 11.6. The normalized spacial score (nSPS) is 19.3. The van der Waals surface area contributed by atoms with Crippen molar-refractivity contribution < 1.29 is 14.6 Å². The van der Waals surface area contributed by atoms with Crippen LogP contribution < -0.4 is 0 Å². The third-order valence-corrected chi connectivity index (χ3v) is 3.80. The largest absolute Gasteiger partial charge is 0.460 e. The van der Waals surface area contributed by atoms with E-state index in [2.05, 4.69) is 0 Å². The number of hydrogen-bond donors (Lipinski definition) is 1. The van der Waals surface area contributed by atoms with Crippen LogP contribution in [0.1, 0.15) is 43.1 Å². The Hall–Kier alpha value is -0.870. The van der Waals surface area contributed by atoms with Crippen molar-refractivity contribution in [3.8, 4) is 0 Å². The Balaban J connectivity index is 1.87. The third kappa shape index (κ3) is 2.83. The van der Waals surface area contributed by atoms with Gasteiger partial charge in [-0.2, -0.15) is 0 Å². The Morgan fingerprint density at radius 3 is 2.81 bits per heavy atom. The molecule has 1 atom stereocenters. The smallest absolute Gasteiger partial charge is 0.340 e. The minimum absolute atomic E-state index is 0.0101. The predicted molar refractivity (Wildman–Crippen MR) is 62.2 cm³/mol. The minimum atomic E-state index is -1.11. The lowest BCUT2D eigenvalue weighted by Gasteiger charge is -2.22. The van der Waals surface area contributed by atoms with E-state index >= 15 is 0 Å². The summed E-state index contributed by atoms with van der Waals surface area (Å²) >= 11 is 1.37. The van der Waals surface area contributed by atoms with Gasteiger partial charge in [0.15, 0.2) is 6.10 Å². The molecule has 0 spiro atoms. The Labute approximate surface area is 99.1 Å². The van der Waals surface area contributed by atoms with Gasteiger partial charge in [-0.15, -0.1) is 11.3 Å². The van der Waals surface area contributed by atoms with Gasteiger partial charge in [0, 0.05) is 4.88 Å². The van der Waals surface area contributed by atoms with Crippen molar-refractivity contribution in [3.63, 3.8) is 0 Å². The van der Waals surface area contributed by atoms with E-state index in [4.69, 9.17) is 4.74 Å². The van der Waals surface area contributed by atoms with Crippen molar-refractivity contribution in [2.24, 2.45) is 0 Å². The highest BCUT2D eigenvalue weighted by Crippen LogP contribution is 2.24. The number of esters is 1. The number of carbonyl (C=O) groups is 1. The maximum Gasteiger partial charge on any atom is 0.340 e. The summed E-state index contributed by atoms with van der Waals surface area (Å²) in [4.78, 5) is 12.3. The maximum absolute atomic E-state index is 11.6. The minimum Gasteiger partial charge on any atom is -0.460 e. The van der Waals surface area contributed by atoms with E-state index in [1.54, 1.807) is 6.07 Å². The molecule has 0 aromatic carbocycles. The standard InChI is InChI=1S/C12H16O3S/c13-11(10-7-4-8-16-10)12(14)15-9-5-2-1-3-6-9/h4,7-9,11,13H,1-3,5-6H2. The average Bonchev–Trinajstić information content (AvgIpc) is 2.83. The number of aliphatic hydroxyl groups excluding tert-OH is 1. The molecule has 1 aromatic heterocycles. The molecule has 1 fully saturated rings. The Morgan fingerprint density at radius 1 is 1.44 bits per heavy atom. The third-order valence-electron chi connectivity index (χ3n) is 2.87. The van der Waals surface area contributed by atoms with E-state index in [0.717, 1.165) is 25.7 Å². The molecule has 88 valence electrons. The highest BCUT2D eigenvalue weighted by molar-refractivity contribution is 7.10. The molecule has 16 heavy (non-hydrogen) atoms. The lowest BCUT2D eigenvalue weighted by Crippen LogP contribution is -2.24. The molecule has 1 aromatic rings. The van der Waals surface area contributed by atoms with Crippen molar-refractivity contribution in [2.75, 3.05) is 0 Å². The molecule has 3 nitrogen and oxygen atoms in total. The van der Waals surface area contributed by atoms with Gasteiger partial charge < -0.3 is 9.84 Å². The van der Waals surface area contributed by atoms with E-state index in [1.165, 1.54) is 17.8 Å². The monoisotopic (exact) mass is 240 g/mol. The summed E-state index contributed by atoms with van der Waals surface area (Å²) < 4.78 is 5.29. The van der Waals surface area contributed by atoms with Crippen LogP contribution in [-0.4, -0.2) is 17.2 Å². The van der Waals surface area contributed by atoms with Crippen LogP contribution in [0.25, 0.3) is 0 Å². The fourth-order valence-corrected chi connectivity index (χ4v) is 2.67. The summed E-state index contributed by atoms with van der Waals surface area (Å²) in [6.07, 6.45) is 4.23. The quantitative estimate of drug-likeness (QED) is 0.826. The summed E-state index contributed by atoms with van der Waals surface area (Å²) in [5.74, 6) is -0.505. The molecule has 4 heteroatoms. The lowest BCUT2D eigenvalue weighted by atomic mass is 9.98. The van der Waals surface area contributed by atoms with Crippen LogP contribution in [0, 0.1) is 0 Å². The van der Waals surface area contributed by atoms with E-state index in [0.29, 0.717) is 4.88 Å². The van der Waals surface area contributed by atoms with E-state index < -0.39 is 12.1 Å². The summed E-state index contributed by atoms with van der Waals surface area (Å²) in [6, 6.07) is 3.56. The van der Waals surface area contributed by atoms with Gasteiger partial charge >= 0.3 is 5.97 Å². The zero-order chi connectivity index (χ0) is 11.4. The molecule has 1 N–H and O–H groups in total. The van der Waals surface area contributed by atoms with Gasteiger partial charge in [-0.1, -0.05) is 12.5 Å². The predicted octanol–water partition coefficient (Wildman–Crippen LogP) is 2.66. The summed E-state index contributed by atoms with van der Waals surface area (Å²) in [5.41, 5.74) is 0. The first-order chi connectivity index (χ1) is 7.77. The van der Waals surface area contributed by atoms with Crippen molar-refractivity contribution in [2.45, 2.75) is 44.3 Å². The Kier molecular flexibility index (Phi) is 3.96. The number of rotatable bonds is 3. The van der Waals surface area contributed by atoms with Gasteiger partial charge in [-0.3, -0.25) is 0 Å². The van der Waals surface area contributed by atoms with Gasteiger partial charge in [0.1, 0.15) is 6.10 Å². The molecular formula is C12H16O3S. The first-order valence-corrected chi connectivity index (χ1v) is 6.57. The van der Waals surface area contributed by atoms with Crippen molar-refractivity contribution in [1.29, 1.82) is 0 Å². The number of aliphatic hydroxyl groups is 1.